The highest BCUT2D eigenvalue weighted by Crippen LogP contribution is 2.22. The van der Waals surface area contributed by atoms with Gasteiger partial charge in [0.15, 0.2) is 0 Å². The number of hydrogen-bond acceptors (Lipinski definition) is 5. The van der Waals surface area contributed by atoms with Gasteiger partial charge in [0, 0.05) is 17.6 Å². The fourth-order valence-corrected chi connectivity index (χ4v) is 3.02. The third-order valence-electron chi connectivity index (χ3n) is 4.98. The molecule has 0 aliphatic carbocycles. The zero-order valence-electron chi connectivity index (χ0n) is 20.1. The minimum atomic E-state index is -0.772. The van der Waals surface area contributed by atoms with Crippen molar-refractivity contribution in [2.75, 3.05) is 6.54 Å². The molecule has 0 unspecified atom stereocenters. The summed E-state index contributed by atoms with van der Waals surface area (Å²) in [6, 6.07) is 12.6. The average molecular weight is 446 g/mol. The Balaban J connectivity index is 0.000000323. The second kappa shape index (κ2) is 12.6. The van der Waals surface area contributed by atoms with Crippen LogP contribution in [0.15, 0.2) is 42.5 Å². The minimum Gasteiger partial charge on any atom is -0.508 e. The average Bonchev–Trinajstić information content (AvgIpc) is 2.72. The monoisotopic (exact) mass is 445 g/mol. The number of rotatable bonds is 8. The van der Waals surface area contributed by atoms with Crippen LogP contribution in [0.3, 0.4) is 0 Å². The van der Waals surface area contributed by atoms with Crippen LogP contribution in [0, 0.1) is 5.92 Å². The minimum absolute atomic E-state index is 0.0484. The first-order valence-corrected chi connectivity index (χ1v) is 11.0. The van der Waals surface area contributed by atoms with E-state index in [1.807, 2.05) is 45.0 Å². The molecular formula is C26H39NO5. The van der Waals surface area contributed by atoms with E-state index in [4.69, 9.17) is 10.2 Å². The topological polar surface area (TPSA) is 110 Å². The van der Waals surface area contributed by atoms with Crippen molar-refractivity contribution < 1.29 is 25.2 Å². The Bertz CT molecular complexity index is 840. The van der Waals surface area contributed by atoms with E-state index in [-0.39, 0.29) is 17.9 Å². The highest BCUT2D eigenvalue weighted by atomic mass is 16.4. The first-order chi connectivity index (χ1) is 14.8. The molecule has 0 saturated heterocycles. The molecule has 6 nitrogen and oxygen atoms in total. The van der Waals surface area contributed by atoms with Gasteiger partial charge in [0.25, 0.3) is 0 Å². The van der Waals surface area contributed by atoms with Crippen molar-refractivity contribution in [3.8, 4) is 5.75 Å². The molecule has 2 aromatic rings. The molecule has 0 aliphatic heterocycles. The molecule has 0 heterocycles. The Morgan fingerprint density at radius 2 is 1.56 bits per heavy atom. The molecule has 0 fully saturated rings. The number of aliphatic carboxylic acids is 1. The summed E-state index contributed by atoms with van der Waals surface area (Å²) in [5.41, 5.74) is 3.19. The lowest BCUT2D eigenvalue weighted by Crippen LogP contribution is -2.38. The van der Waals surface area contributed by atoms with Gasteiger partial charge in [-0.15, -0.1) is 0 Å². The maximum atomic E-state index is 10.8. The van der Waals surface area contributed by atoms with Crippen LogP contribution in [-0.4, -0.2) is 38.5 Å². The number of nitrogens with one attached hydrogen (secondary N) is 1. The SMILES string of the molecule is CC(C)(C)NC[C@@H](O)c1ccc(O)c(CO)c1.CC(C)Cc1ccc([C@@H](C)C(=O)O)cc1. The van der Waals surface area contributed by atoms with E-state index in [1.165, 1.54) is 11.6 Å². The first kappa shape index (κ1) is 27.6. The van der Waals surface area contributed by atoms with Crippen LogP contribution in [0.5, 0.6) is 5.75 Å². The smallest absolute Gasteiger partial charge is 0.310 e. The predicted molar refractivity (Wildman–Crippen MR) is 128 cm³/mol. The van der Waals surface area contributed by atoms with Gasteiger partial charge >= 0.3 is 5.97 Å². The molecule has 0 radical (unpaired) electrons. The Labute approximate surface area is 191 Å². The summed E-state index contributed by atoms with van der Waals surface area (Å²) in [5, 5.41) is 40.5. The van der Waals surface area contributed by atoms with Gasteiger partial charge in [-0.3, -0.25) is 4.79 Å². The highest BCUT2D eigenvalue weighted by Gasteiger charge is 2.15. The Hall–Kier alpha value is -2.41. The van der Waals surface area contributed by atoms with Crippen molar-refractivity contribution in [1.29, 1.82) is 0 Å². The van der Waals surface area contributed by atoms with E-state index >= 15 is 0 Å². The standard InChI is InChI=1S/C13H21NO3.C13H18O2/c1-13(2,3)14-7-12(17)9-4-5-11(16)10(6-9)8-15;1-9(2)8-11-4-6-12(7-5-11)10(3)13(14)15/h4-6,12,14-17H,7-8H2,1-3H3;4-7,9-10H,8H2,1-3H3,(H,14,15)/t12-;10-/m11/s1. The fraction of sp³-hybridized carbons (Fsp3) is 0.500. The summed E-state index contributed by atoms with van der Waals surface area (Å²) < 4.78 is 0. The number of benzene rings is 2. The third kappa shape index (κ3) is 9.81. The lowest BCUT2D eigenvalue weighted by molar-refractivity contribution is -0.138. The lowest BCUT2D eigenvalue weighted by atomic mass is 9.97. The first-order valence-electron chi connectivity index (χ1n) is 11.0. The van der Waals surface area contributed by atoms with Crippen LogP contribution in [0.2, 0.25) is 0 Å². The molecule has 2 rings (SSSR count). The number of aliphatic hydroxyl groups is 2. The number of carbonyl (C=O) groups is 1. The van der Waals surface area contributed by atoms with Crippen molar-refractivity contribution >= 4 is 5.97 Å². The van der Waals surface area contributed by atoms with Crippen molar-refractivity contribution in [3.63, 3.8) is 0 Å². The lowest BCUT2D eigenvalue weighted by Gasteiger charge is -2.23. The molecule has 6 heteroatoms. The number of phenols is 1. The second-order valence-electron chi connectivity index (χ2n) is 9.59. The van der Waals surface area contributed by atoms with E-state index in [9.17, 15) is 15.0 Å². The van der Waals surface area contributed by atoms with Crippen LogP contribution in [0.1, 0.15) is 75.8 Å². The van der Waals surface area contributed by atoms with Crippen LogP contribution in [0.4, 0.5) is 0 Å². The zero-order chi connectivity index (χ0) is 24.5. The maximum Gasteiger partial charge on any atom is 0.310 e. The van der Waals surface area contributed by atoms with Gasteiger partial charge in [-0.1, -0.05) is 44.2 Å². The summed E-state index contributed by atoms with van der Waals surface area (Å²) in [5.74, 6) is -0.510. The number of β-amino-alcohol motifs (C(OH)–C–C–N with tert-alkyl or cyclic N) is 1. The predicted octanol–water partition coefficient (Wildman–Crippen LogP) is 4.38. The number of carboxylic acid groups (broad SMARTS) is 1. The zero-order valence-corrected chi connectivity index (χ0v) is 20.1. The molecule has 32 heavy (non-hydrogen) atoms. The largest absolute Gasteiger partial charge is 0.508 e. The Morgan fingerprint density at radius 1 is 1.00 bits per heavy atom. The number of carboxylic acids is 1. The highest BCUT2D eigenvalue weighted by molar-refractivity contribution is 5.75. The summed E-state index contributed by atoms with van der Waals surface area (Å²) >= 11 is 0. The fourth-order valence-electron chi connectivity index (χ4n) is 3.02. The van der Waals surface area contributed by atoms with Crippen molar-refractivity contribution in [2.24, 2.45) is 5.92 Å². The summed E-state index contributed by atoms with van der Waals surface area (Å²) in [4.78, 5) is 10.8. The second-order valence-corrected chi connectivity index (χ2v) is 9.59. The van der Waals surface area contributed by atoms with Gasteiger partial charge in [-0.25, -0.2) is 0 Å². The van der Waals surface area contributed by atoms with Crippen molar-refractivity contribution in [1.82, 2.24) is 5.32 Å². The summed E-state index contributed by atoms with van der Waals surface area (Å²) in [7, 11) is 0. The van der Waals surface area contributed by atoms with Gasteiger partial charge in [-0.2, -0.15) is 0 Å². The number of aliphatic hydroxyl groups excluding tert-OH is 2. The van der Waals surface area contributed by atoms with Gasteiger partial charge in [0.2, 0.25) is 0 Å². The summed E-state index contributed by atoms with van der Waals surface area (Å²) in [6.07, 6.45) is 0.391. The van der Waals surface area contributed by atoms with E-state index < -0.39 is 18.0 Å². The molecule has 5 N–H and O–H groups in total. The van der Waals surface area contributed by atoms with E-state index in [0.717, 1.165) is 12.0 Å². The Morgan fingerprint density at radius 3 is 2.03 bits per heavy atom. The van der Waals surface area contributed by atoms with Gasteiger partial charge in [0.1, 0.15) is 5.75 Å². The molecule has 2 atom stereocenters. The third-order valence-corrected chi connectivity index (χ3v) is 4.98. The normalized spacial score (nSPS) is 13.3. The van der Waals surface area contributed by atoms with Crippen molar-refractivity contribution in [2.45, 2.75) is 72.1 Å². The molecular weight excluding hydrogens is 406 g/mol. The van der Waals surface area contributed by atoms with Gasteiger partial charge in [-0.05, 0) is 68.9 Å². The maximum absolute atomic E-state index is 10.8. The van der Waals surface area contributed by atoms with Crippen LogP contribution in [0.25, 0.3) is 0 Å². The van der Waals surface area contributed by atoms with E-state index in [1.54, 1.807) is 19.1 Å². The Kier molecular flexibility index (Phi) is 10.9. The molecule has 0 aliphatic rings. The quantitative estimate of drug-likeness (QED) is 0.412. The molecule has 0 saturated carbocycles. The molecule has 0 aromatic heterocycles. The summed E-state index contributed by atoms with van der Waals surface area (Å²) in [6.45, 7) is 12.3. The molecule has 2 aromatic carbocycles. The van der Waals surface area contributed by atoms with Gasteiger partial charge < -0.3 is 25.7 Å². The van der Waals surface area contributed by atoms with Crippen LogP contribution in [-0.2, 0) is 17.8 Å². The molecule has 0 spiro atoms. The van der Waals surface area contributed by atoms with Crippen LogP contribution < -0.4 is 5.32 Å². The molecule has 0 bridgehead atoms. The molecule has 178 valence electrons. The number of hydrogen-bond donors (Lipinski definition) is 5. The molecule has 0 amide bonds. The van der Waals surface area contributed by atoms with Crippen molar-refractivity contribution in [3.05, 3.63) is 64.7 Å². The van der Waals surface area contributed by atoms with Gasteiger partial charge in [0.05, 0.1) is 18.6 Å². The van der Waals surface area contributed by atoms with E-state index in [0.29, 0.717) is 23.6 Å². The van der Waals surface area contributed by atoms with Crippen LogP contribution >= 0.6 is 0 Å². The van der Waals surface area contributed by atoms with E-state index in [2.05, 4.69) is 19.2 Å². The number of aromatic hydroxyl groups is 1.